The number of esters is 1. The summed E-state index contributed by atoms with van der Waals surface area (Å²) in [4.78, 5) is 24.8. The van der Waals surface area contributed by atoms with Crippen LogP contribution in [0.5, 0.6) is 0 Å². The molecule has 0 aromatic carbocycles. The van der Waals surface area contributed by atoms with E-state index in [-0.39, 0.29) is 17.8 Å². The molecule has 3 heterocycles. The number of ether oxygens (including phenoxy) is 1. The minimum atomic E-state index is -0.312. The van der Waals surface area contributed by atoms with Gasteiger partial charge >= 0.3 is 5.97 Å². The van der Waals surface area contributed by atoms with Gasteiger partial charge in [0.15, 0.2) is 10.3 Å². The van der Waals surface area contributed by atoms with Crippen molar-refractivity contribution >= 4 is 35.1 Å². The van der Waals surface area contributed by atoms with Crippen LogP contribution >= 0.6 is 24.0 Å². The van der Waals surface area contributed by atoms with E-state index in [1.54, 1.807) is 18.5 Å². The predicted molar refractivity (Wildman–Crippen MR) is 94.5 cm³/mol. The van der Waals surface area contributed by atoms with Crippen LogP contribution in [0.1, 0.15) is 0 Å². The molecule has 24 heavy (non-hydrogen) atoms. The molecule has 124 valence electrons. The molecule has 0 saturated carbocycles. The normalized spacial score (nSPS) is 14.6. The molecule has 2 aromatic rings. The maximum Gasteiger partial charge on any atom is 0.316 e. The summed E-state index contributed by atoms with van der Waals surface area (Å²) in [5.74, 6) is -0.166. The molecular weight excluding hydrogens is 346 g/mol. The van der Waals surface area contributed by atoms with E-state index in [0.29, 0.717) is 23.4 Å². The summed E-state index contributed by atoms with van der Waals surface area (Å²) in [7, 11) is 0. The van der Waals surface area contributed by atoms with Gasteiger partial charge in [-0.2, -0.15) is 0 Å². The lowest BCUT2D eigenvalue weighted by atomic mass is 10.3. The highest BCUT2D eigenvalue weighted by molar-refractivity contribution is 7.99. The van der Waals surface area contributed by atoms with Gasteiger partial charge in [0.2, 0.25) is 0 Å². The van der Waals surface area contributed by atoms with Crippen molar-refractivity contribution in [2.24, 2.45) is 0 Å². The standard InChI is InChI=1S/C15H15N5O2S2/c21-13(22-10-7-18-14(23)19-8-10)9-24-15-17-6-4-12(20-15)11-3-1-2-5-16-11/h1-6,10H,7-9H2,(H2,18,19,23). The lowest BCUT2D eigenvalue weighted by Gasteiger charge is -2.25. The first-order valence-corrected chi connectivity index (χ1v) is 8.68. The number of hydrogen-bond donors (Lipinski definition) is 2. The summed E-state index contributed by atoms with van der Waals surface area (Å²) in [6, 6.07) is 7.40. The molecule has 1 saturated heterocycles. The van der Waals surface area contributed by atoms with Gasteiger partial charge in [0, 0.05) is 12.4 Å². The van der Waals surface area contributed by atoms with Crippen LogP contribution in [0.2, 0.25) is 0 Å². The predicted octanol–water partition coefficient (Wildman–Crippen LogP) is 1.02. The Hall–Kier alpha value is -2.26. The van der Waals surface area contributed by atoms with Gasteiger partial charge in [0.25, 0.3) is 0 Å². The molecule has 9 heteroatoms. The summed E-state index contributed by atoms with van der Waals surface area (Å²) in [6.45, 7) is 1.04. The zero-order valence-electron chi connectivity index (χ0n) is 12.6. The average molecular weight is 361 g/mol. The number of nitrogens with zero attached hydrogens (tertiary/aromatic N) is 3. The maximum absolute atomic E-state index is 11.9. The number of pyridine rings is 1. The number of carbonyl (C=O) groups is 1. The average Bonchev–Trinajstić information content (AvgIpc) is 2.63. The van der Waals surface area contributed by atoms with Crippen LogP contribution in [0.15, 0.2) is 41.8 Å². The molecule has 0 bridgehead atoms. The Morgan fingerprint density at radius 2 is 2.04 bits per heavy atom. The molecular formula is C15H15N5O2S2. The zero-order chi connectivity index (χ0) is 16.8. The fourth-order valence-corrected chi connectivity index (χ4v) is 2.82. The lowest BCUT2D eigenvalue weighted by Crippen LogP contribution is -2.52. The monoisotopic (exact) mass is 361 g/mol. The molecule has 0 radical (unpaired) electrons. The molecule has 2 aromatic heterocycles. The van der Waals surface area contributed by atoms with Gasteiger partial charge in [0.1, 0.15) is 6.10 Å². The second-order valence-electron chi connectivity index (χ2n) is 4.93. The SMILES string of the molecule is O=C(CSc1nccc(-c2ccccn2)n1)OC1CNC(=S)NC1. The van der Waals surface area contributed by atoms with Crippen LogP contribution in [0.4, 0.5) is 0 Å². The quantitative estimate of drug-likeness (QED) is 0.351. The Balaban J connectivity index is 1.53. The zero-order valence-corrected chi connectivity index (χ0v) is 14.3. The van der Waals surface area contributed by atoms with Crippen molar-refractivity contribution < 1.29 is 9.53 Å². The van der Waals surface area contributed by atoms with Crippen LogP contribution in [-0.2, 0) is 9.53 Å². The van der Waals surface area contributed by atoms with Gasteiger partial charge in [-0.1, -0.05) is 17.8 Å². The number of aromatic nitrogens is 3. The minimum Gasteiger partial charge on any atom is -0.458 e. The molecule has 0 spiro atoms. The van der Waals surface area contributed by atoms with E-state index in [1.165, 1.54) is 11.8 Å². The first-order valence-electron chi connectivity index (χ1n) is 7.29. The van der Waals surface area contributed by atoms with E-state index in [0.717, 1.165) is 11.4 Å². The van der Waals surface area contributed by atoms with E-state index < -0.39 is 0 Å². The number of hydrogen-bond acceptors (Lipinski definition) is 7. The molecule has 1 aliphatic heterocycles. The molecule has 7 nitrogen and oxygen atoms in total. The summed E-state index contributed by atoms with van der Waals surface area (Å²) < 4.78 is 5.36. The Kier molecular flexibility index (Phi) is 5.55. The highest BCUT2D eigenvalue weighted by Crippen LogP contribution is 2.18. The topological polar surface area (TPSA) is 89.0 Å². The number of nitrogens with one attached hydrogen (secondary N) is 2. The third kappa shape index (κ3) is 4.62. The van der Waals surface area contributed by atoms with Gasteiger partial charge in [-0.25, -0.2) is 9.97 Å². The lowest BCUT2D eigenvalue weighted by molar-refractivity contribution is -0.145. The molecule has 2 N–H and O–H groups in total. The summed E-state index contributed by atoms with van der Waals surface area (Å²) in [5.41, 5.74) is 1.48. The van der Waals surface area contributed by atoms with E-state index in [9.17, 15) is 4.79 Å². The van der Waals surface area contributed by atoms with E-state index in [1.807, 2.05) is 18.2 Å². The third-order valence-corrected chi connectivity index (χ3v) is 4.28. The highest BCUT2D eigenvalue weighted by Gasteiger charge is 2.19. The molecule has 3 rings (SSSR count). The van der Waals surface area contributed by atoms with Crippen LogP contribution in [-0.4, -0.2) is 51.0 Å². The number of rotatable bonds is 5. The van der Waals surface area contributed by atoms with E-state index in [4.69, 9.17) is 17.0 Å². The van der Waals surface area contributed by atoms with Crippen molar-refractivity contribution in [3.8, 4) is 11.4 Å². The van der Waals surface area contributed by atoms with Gasteiger partial charge in [0.05, 0.1) is 30.2 Å². The second-order valence-corrected chi connectivity index (χ2v) is 6.28. The Labute approximate surface area is 148 Å². The Morgan fingerprint density at radius 1 is 1.21 bits per heavy atom. The van der Waals surface area contributed by atoms with Crippen molar-refractivity contribution in [2.75, 3.05) is 18.8 Å². The van der Waals surface area contributed by atoms with Crippen LogP contribution < -0.4 is 10.6 Å². The molecule has 1 aliphatic rings. The fourth-order valence-electron chi connectivity index (χ4n) is 2.04. The maximum atomic E-state index is 11.9. The number of carbonyl (C=O) groups excluding carboxylic acids is 1. The van der Waals surface area contributed by atoms with Crippen molar-refractivity contribution in [2.45, 2.75) is 11.3 Å². The smallest absolute Gasteiger partial charge is 0.316 e. The molecule has 1 fully saturated rings. The molecule has 0 aliphatic carbocycles. The van der Waals surface area contributed by atoms with Gasteiger partial charge in [-0.15, -0.1) is 0 Å². The number of thioether (sulfide) groups is 1. The van der Waals surface area contributed by atoms with Gasteiger partial charge in [-0.05, 0) is 30.4 Å². The largest absolute Gasteiger partial charge is 0.458 e. The summed E-state index contributed by atoms with van der Waals surface area (Å²) >= 11 is 6.19. The van der Waals surface area contributed by atoms with Crippen molar-refractivity contribution in [1.29, 1.82) is 0 Å². The second kappa shape index (κ2) is 8.02. The van der Waals surface area contributed by atoms with Crippen molar-refractivity contribution in [3.63, 3.8) is 0 Å². The number of thiocarbonyl (C=S) groups is 1. The highest BCUT2D eigenvalue weighted by atomic mass is 32.2. The summed E-state index contributed by atoms with van der Waals surface area (Å²) in [5, 5.41) is 6.97. The Bertz CT molecular complexity index is 719. The minimum absolute atomic E-state index is 0.145. The molecule has 0 atom stereocenters. The third-order valence-electron chi connectivity index (χ3n) is 3.16. The Morgan fingerprint density at radius 3 is 2.79 bits per heavy atom. The van der Waals surface area contributed by atoms with Crippen LogP contribution in [0, 0.1) is 0 Å². The fraction of sp³-hybridized carbons (Fsp3) is 0.267. The van der Waals surface area contributed by atoms with Crippen LogP contribution in [0.3, 0.4) is 0 Å². The first kappa shape index (κ1) is 16.6. The van der Waals surface area contributed by atoms with Crippen molar-refractivity contribution in [1.82, 2.24) is 25.6 Å². The van der Waals surface area contributed by atoms with E-state index in [2.05, 4.69) is 25.6 Å². The van der Waals surface area contributed by atoms with E-state index >= 15 is 0 Å². The van der Waals surface area contributed by atoms with Crippen molar-refractivity contribution in [3.05, 3.63) is 36.7 Å². The molecule has 0 amide bonds. The summed E-state index contributed by atoms with van der Waals surface area (Å²) in [6.07, 6.45) is 3.13. The van der Waals surface area contributed by atoms with Gasteiger partial charge in [-0.3, -0.25) is 9.78 Å². The van der Waals surface area contributed by atoms with Gasteiger partial charge < -0.3 is 15.4 Å². The first-order chi connectivity index (χ1) is 11.7. The molecule has 0 unspecified atom stereocenters. The van der Waals surface area contributed by atoms with Crippen LogP contribution in [0.25, 0.3) is 11.4 Å².